The number of fused-ring (bicyclic) bond motifs is 4. The van der Waals surface area contributed by atoms with Gasteiger partial charge >= 0.3 is 12.1 Å². The van der Waals surface area contributed by atoms with Gasteiger partial charge in [-0.1, -0.05) is 59.9 Å². The van der Waals surface area contributed by atoms with E-state index in [2.05, 4.69) is 29.2 Å². The normalized spacial score (nSPS) is 14.8. The van der Waals surface area contributed by atoms with Crippen molar-refractivity contribution in [3.05, 3.63) is 70.4 Å². The van der Waals surface area contributed by atoms with Crippen LogP contribution in [-0.4, -0.2) is 35.3 Å². The van der Waals surface area contributed by atoms with Crippen LogP contribution in [0, 0.1) is 0 Å². The minimum Gasteiger partial charge on any atom is -0.476 e. The van der Waals surface area contributed by atoms with E-state index < -0.39 is 12.1 Å². The highest BCUT2D eigenvalue weighted by atomic mass is 32.1. The Balaban J connectivity index is 1.38. The third kappa shape index (κ3) is 2.98. The first kappa shape index (κ1) is 17.9. The number of aromatic nitrogens is 1. The molecule has 2 heterocycles. The van der Waals surface area contributed by atoms with Gasteiger partial charge in [-0.3, -0.25) is 4.90 Å². The molecule has 2 aliphatic rings. The highest BCUT2D eigenvalue weighted by Crippen LogP contribution is 2.44. The second-order valence-electron chi connectivity index (χ2n) is 7.14. The van der Waals surface area contributed by atoms with E-state index in [-0.39, 0.29) is 17.5 Å². The largest absolute Gasteiger partial charge is 0.476 e. The average molecular weight is 406 g/mol. The molecule has 0 fully saturated rings. The number of carbonyl (C=O) groups excluding carboxylic acids is 1. The van der Waals surface area contributed by atoms with Crippen molar-refractivity contribution >= 4 is 28.4 Å². The number of amides is 1. The molecule has 2 aromatic carbocycles. The van der Waals surface area contributed by atoms with Gasteiger partial charge in [0, 0.05) is 12.5 Å². The second kappa shape index (κ2) is 7.00. The van der Waals surface area contributed by atoms with Crippen LogP contribution in [0.15, 0.2) is 48.5 Å². The van der Waals surface area contributed by atoms with Gasteiger partial charge in [0.05, 0.1) is 5.69 Å². The summed E-state index contributed by atoms with van der Waals surface area (Å²) < 4.78 is 5.72. The van der Waals surface area contributed by atoms with Crippen LogP contribution in [0.4, 0.5) is 9.80 Å². The number of rotatable bonds is 3. The van der Waals surface area contributed by atoms with Gasteiger partial charge in [0.15, 0.2) is 0 Å². The van der Waals surface area contributed by atoms with Gasteiger partial charge in [-0.05, 0) is 35.1 Å². The summed E-state index contributed by atoms with van der Waals surface area (Å²) in [5.74, 6) is -1.08. The molecule has 1 aliphatic heterocycles. The van der Waals surface area contributed by atoms with Gasteiger partial charge in [-0.2, -0.15) is 0 Å². The summed E-state index contributed by atoms with van der Waals surface area (Å²) in [4.78, 5) is 29.8. The van der Waals surface area contributed by atoms with Crippen molar-refractivity contribution in [3.63, 3.8) is 0 Å². The molecule has 5 rings (SSSR count). The zero-order valence-electron chi connectivity index (χ0n) is 15.5. The minimum atomic E-state index is -1.07. The molecule has 3 aromatic rings. The molecule has 1 amide bonds. The number of nitrogens with zero attached hydrogens (tertiary/aromatic N) is 2. The third-order valence-corrected chi connectivity index (χ3v) is 6.57. The monoisotopic (exact) mass is 406 g/mol. The first-order valence-corrected chi connectivity index (χ1v) is 10.3. The summed E-state index contributed by atoms with van der Waals surface area (Å²) in [5, 5.41) is 9.80. The SMILES string of the molecule is O=C(O)c1nc2c(s1)N(C(=O)OCC1c3ccccc3-c3ccccc31)CCC2. The molecule has 0 spiro atoms. The van der Waals surface area contributed by atoms with Crippen LogP contribution in [0.2, 0.25) is 0 Å². The van der Waals surface area contributed by atoms with E-state index in [9.17, 15) is 14.7 Å². The van der Waals surface area contributed by atoms with Crippen LogP contribution in [0.3, 0.4) is 0 Å². The molecular formula is C22H18N2O4S. The summed E-state index contributed by atoms with van der Waals surface area (Å²) in [6.07, 6.45) is 0.958. The van der Waals surface area contributed by atoms with E-state index in [0.717, 1.165) is 28.9 Å². The quantitative estimate of drug-likeness (QED) is 0.691. The van der Waals surface area contributed by atoms with Crippen molar-refractivity contribution in [2.24, 2.45) is 0 Å². The van der Waals surface area contributed by atoms with Crippen LogP contribution >= 0.6 is 11.3 Å². The summed E-state index contributed by atoms with van der Waals surface area (Å²) in [6, 6.07) is 16.4. The molecule has 1 aliphatic carbocycles. The first-order valence-electron chi connectivity index (χ1n) is 9.49. The number of carboxylic acids is 1. The van der Waals surface area contributed by atoms with Gasteiger partial charge in [0.2, 0.25) is 5.01 Å². The first-order chi connectivity index (χ1) is 14.1. The van der Waals surface area contributed by atoms with E-state index in [0.29, 0.717) is 23.7 Å². The topological polar surface area (TPSA) is 79.7 Å². The van der Waals surface area contributed by atoms with Crippen molar-refractivity contribution < 1.29 is 19.4 Å². The van der Waals surface area contributed by atoms with Crippen molar-refractivity contribution in [1.82, 2.24) is 4.98 Å². The number of hydrogen-bond acceptors (Lipinski definition) is 5. The summed E-state index contributed by atoms with van der Waals surface area (Å²) >= 11 is 1.03. The fourth-order valence-electron chi connectivity index (χ4n) is 4.16. The minimum absolute atomic E-state index is 0.00773. The average Bonchev–Trinajstić information content (AvgIpc) is 3.32. The van der Waals surface area contributed by atoms with Crippen LogP contribution in [0.5, 0.6) is 0 Å². The molecular weight excluding hydrogens is 388 g/mol. The van der Waals surface area contributed by atoms with E-state index in [4.69, 9.17) is 4.74 Å². The maximum atomic E-state index is 12.9. The van der Waals surface area contributed by atoms with Gasteiger partial charge in [0.1, 0.15) is 11.6 Å². The van der Waals surface area contributed by atoms with Crippen molar-refractivity contribution in [3.8, 4) is 11.1 Å². The molecule has 0 radical (unpaired) electrons. The zero-order valence-corrected chi connectivity index (χ0v) is 16.3. The predicted molar refractivity (Wildman–Crippen MR) is 110 cm³/mol. The fourth-order valence-corrected chi connectivity index (χ4v) is 5.13. The van der Waals surface area contributed by atoms with E-state index >= 15 is 0 Å². The molecule has 1 aromatic heterocycles. The summed E-state index contributed by atoms with van der Waals surface area (Å²) in [7, 11) is 0. The number of aromatic carboxylic acids is 1. The van der Waals surface area contributed by atoms with Gasteiger partial charge in [0.25, 0.3) is 0 Å². The summed E-state index contributed by atoms with van der Waals surface area (Å²) in [5.41, 5.74) is 5.33. The van der Waals surface area contributed by atoms with Gasteiger partial charge in [-0.15, -0.1) is 0 Å². The van der Waals surface area contributed by atoms with Crippen LogP contribution < -0.4 is 4.90 Å². The van der Waals surface area contributed by atoms with E-state index in [1.165, 1.54) is 16.0 Å². The number of carboxylic acid groups (broad SMARTS) is 1. The third-order valence-electron chi connectivity index (χ3n) is 5.46. The number of carbonyl (C=O) groups is 2. The number of aryl methyl sites for hydroxylation is 1. The number of benzene rings is 2. The number of thiazole rings is 1. The lowest BCUT2D eigenvalue weighted by atomic mass is 9.98. The highest BCUT2D eigenvalue weighted by molar-refractivity contribution is 7.17. The number of ether oxygens (including phenoxy) is 1. The van der Waals surface area contributed by atoms with Gasteiger partial charge in [-0.25, -0.2) is 14.6 Å². The molecule has 146 valence electrons. The fraction of sp³-hybridized carbons (Fsp3) is 0.227. The lowest BCUT2D eigenvalue weighted by Gasteiger charge is -2.25. The Morgan fingerprint density at radius 3 is 2.41 bits per heavy atom. The molecule has 0 atom stereocenters. The molecule has 0 unspecified atom stereocenters. The Labute approximate surface area is 171 Å². The maximum absolute atomic E-state index is 12.9. The maximum Gasteiger partial charge on any atom is 0.414 e. The Hall–Kier alpha value is -3.19. The Kier molecular flexibility index (Phi) is 4.32. The lowest BCUT2D eigenvalue weighted by molar-refractivity contribution is 0.0696. The van der Waals surface area contributed by atoms with Crippen molar-refractivity contribution in [1.29, 1.82) is 0 Å². The van der Waals surface area contributed by atoms with Gasteiger partial charge < -0.3 is 9.84 Å². The highest BCUT2D eigenvalue weighted by Gasteiger charge is 2.32. The Bertz CT molecular complexity index is 1080. The standard InChI is InChI=1S/C22H18N2O4S/c25-21(26)19-23-18-10-5-11-24(20(18)29-19)22(27)28-12-17-15-8-3-1-6-13(15)14-7-2-4-9-16(14)17/h1-4,6-9,17H,5,10-12H2,(H,25,26). The number of anilines is 1. The van der Waals surface area contributed by atoms with Crippen LogP contribution in [0.25, 0.3) is 11.1 Å². The lowest BCUT2D eigenvalue weighted by Crippen LogP contribution is -2.35. The van der Waals surface area contributed by atoms with Crippen molar-refractivity contribution in [2.45, 2.75) is 18.8 Å². The molecule has 29 heavy (non-hydrogen) atoms. The van der Waals surface area contributed by atoms with Crippen LogP contribution in [0.1, 0.15) is 39.0 Å². The number of hydrogen-bond donors (Lipinski definition) is 1. The van der Waals surface area contributed by atoms with E-state index in [1.807, 2.05) is 24.3 Å². The molecule has 7 heteroatoms. The second-order valence-corrected chi connectivity index (χ2v) is 8.11. The van der Waals surface area contributed by atoms with Crippen LogP contribution in [-0.2, 0) is 11.2 Å². The molecule has 6 nitrogen and oxygen atoms in total. The Morgan fingerprint density at radius 1 is 1.10 bits per heavy atom. The molecule has 1 N–H and O–H groups in total. The smallest absolute Gasteiger partial charge is 0.414 e. The van der Waals surface area contributed by atoms with E-state index in [1.54, 1.807) is 0 Å². The summed E-state index contributed by atoms with van der Waals surface area (Å²) in [6.45, 7) is 0.744. The Morgan fingerprint density at radius 2 is 1.76 bits per heavy atom. The zero-order chi connectivity index (χ0) is 20.0. The molecule has 0 saturated heterocycles. The molecule has 0 saturated carbocycles. The molecule has 0 bridgehead atoms. The van der Waals surface area contributed by atoms with Crippen molar-refractivity contribution in [2.75, 3.05) is 18.1 Å². The predicted octanol–water partition coefficient (Wildman–Crippen LogP) is 4.54.